The lowest BCUT2D eigenvalue weighted by Crippen LogP contribution is -2.58. The third kappa shape index (κ3) is 10.2. The Morgan fingerprint density at radius 3 is 2.41 bits per heavy atom. The number of morpholine rings is 1. The van der Waals surface area contributed by atoms with Crippen LogP contribution in [-0.4, -0.2) is 101 Å². The molecule has 2 atom stereocenters. The van der Waals surface area contributed by atoms with Crippen LogP contribution in [0.1, 0.15) is 77.1 Å². The number of benzene rings is 2. The predicted molar refractivity (Wildman–Crippen MR) is 197 cm³/mol. The summed E-state index contributed by atoms with van der Waals surface area (Å²) in [6, 6.07) is 8.45. The number of H-pyrrole nitrogens is 1. The molecule has 0 aliphatic carbocycles. The number of rotatable bonds is 12. The van der Waals surface area contributed by atoms with Gasteiger partial charge in [0.05, 0.1) is 28.5 Å². The molecular weight excluding hydrogens is 824 g/mol. The molecule has 0 saturated carbocycles. The number of hydrogen-bond donors (Lipinski definition) is 2. The zero-order chi connectivity index (χ0) is 42.0. The van der Waals surface area contributed by atoms with Gasteiger partial charge in [-0.2, -0.15) is 26.3 Å². The number of thiazole rings is 2. The van der Waals surface area contributed by atoms with Crippen molar-refractivity contribution >= 4 is 50.7 Å². The van der Waals surface area contributed by atoms with Crippen LogP contribution in [0.4, 0.5) is 30.7 Å². The summed E-state index contributed by atoms with van der Waals surface area (Å²) in [6.07, 6.45) is -13.0. The van der Waals surface area contributed by atoms with Crippen LogP contribution in [0, 0.1) is 0 Å². The van der Waals surface area contributed by atoms with Gasteiger partial charge in [-0.25, -0.2) is 19.0 Å². The lowest BCUT2D eigenvalue weighted by molar-refractivity contribution is -0.205. The normalized spacial score (nSPS) is 17.4. The summed E-state index contributed by atoms with van der Waals surface area (Å²) in [4.78, 5) is 58.6. The molecule has 2 saturated heterocycles. The van der Waals surface area contributed by atoms with E-state index in [9.17, 15) is 45.5 Å². The zero-order valence-electron chi connectivity index (χ0n) is 31.0. The van der Waals surface area contributed by atoms with E-state index in [0.29, 0.717) is 69.2 Å². The van der Waals surface area contributed by atoms with Crippen LogP contribution in [0.15, 0.2) is 46.6 Å². The van der Waals surface area contributed by atoms with Crippen LogP contribution in [-0.2, 0) is 25.6 Å². The lowest BCUT2D eigenvalue weighted by Gasteiger charge is -2.47. The van der Waals surface area contributed by atoms with E-state index in [1.807, 2.05) is 19.9 Å². The first kappa shape index (κ1) is 43.1. The fraction of sp³-hybridized carbons (Fsp3) is 0.486. The largest absolute Gasteiger partial charge is 0.491 e. The number of alkyl halides is 7. The van der Waals surface area contributed by atoms with Gasteiger partial charge in [0.2, 0.25) is 0 Å². The maximum atomic E-state index is 15.6. The zero-order valence-corrected chi connectivity index (χ0v) is 32.6. The van der Waals surface area contributed by atoms with Gasteiger partial charge in [0, 0.05) is 56.1 Å². The molecule has 21 heteroatoms. The number of fused-ring (bicyclic) bond motifs is 1. The summed E-state index contributed by atoms with van der Waals surface area (Å²) in [5.74, 6) is -5.84. The molecule has 1 spiro atoms. The van der Waals surface area contributed by atoms with Gasteiger partial charge in [0.15, 0.2) is 5.75 Å². The second-order valence-electron chi connectivity index (χ2n) is 14.3. The average molecular weight is 862 g/mol. The third-order valence-corrected chi connectivity index (χ3v) is 11.8. The van der Waals surface area contributed by atoms with Crippen LogP contribution in [0.25, 0.3) is 10.2 Å². The molecule has 2 N–H and O–H groups in total. The molecule has 58 heavy (non-hydrogen) atoms. The number of amides is 1. The fourth-order valence-corrected chi connectivity index (χ4v) is 8.51. The molecule has 0 radical (unpaired) electrons. The molecule has 4 heterocycles. The molecule has 1 amide bonds. The summed E-state index contributed by atoms with van der Waals surface area (Å²) < 4.78 is 109. The van der Waals surface area contributed by atoms with E-state index < -0.39 is 71.4 Å². The van der Waals surface area contributed by atoms with Gasteiger partial charge < -0.3 is 29.4 Å². The highest BCUT2D eigenvalue weighted by Crippen LogP contribution is 2.36. The Morgan fingerprint density at radius 1 is 1.02 bits per heavy atom. The minimum Gasteiger partial charge on any atom is -0.449 e. The van der Waals surface area contributed by atoms with Crippen molar-refractivity contribution in [3.8, 4) is 5.75 Å². The molecule has 6 rings (SSSR count). The van der Waals surface area contributed by atoms with Gasteiger partial charge >= 0.3 is 29.2 Å². The van der Waals surface area contributed by atoms with Crippen molar-refractivity contribution in [2.24, 2.45) is 0 Å². The number of nitrogens with zero attached hydrogens (tertiary/aromatic N) is 3. The van der Waals surface area contributed by atoms with E-state index in [-0.39, 0.29) is 27.7 Å². The summed E-state index contributed by atoms with van der Waals surface area (Å²) in [5, 5.41) is 5.35. The molecule has 12 nitrogen and oxygen atoms in total. The first-order chi connectivity index (χ1) is 27.3. The molecule has 2 aliphatic heterocycles. The predicted octanol–water partition coefficient (Wildman–Crippen LogP) is 6.59. The van der Waals surface area contributed by atoms with Crippen LogP contribution in [0.2, 0.25) is 0 Å². The van der Waals surface area contributed by atoms with E-state index in [2.05, 4.69) is 24.9 Å². The van der Waals surface area contributed by atoms with Crippen LogP contribution in [0.3, 0.4) is 0 Å². The quantitative estimate of drug-likeness (QED) is 0.0911. The lowest BCUT2D eigenvalue weighted by atomic mass is 9.89. The van der Waals surface area contributed by atoms with Crippen LogP contribution < -0.4 is 14.9 Å². The summed E-state index contributed by atoms with van der Waals surface area (Å²) in [5.41, 5.74) is 0.327. The number of halogens is 7. The highest BCUT2D eigenvalue weighted by atomic mass is 32.1. The molecule has 4 aromatic rings. The fourth-order valence-electron chi connectivity index (χ4n) is 6.79. The third-order valence-electron chi connectivity index (χ3n) is 9.74. The average Bonchev–Trinajstić information content (AvgIpc) is 3.82. The summed E-state index contributed by atoms with van der Waals surface area (Å²) in [6.45, 7) is 6.16. The van der Waals surface area contributed by atoms with Gasteiger partial charge in [-0.05, 0) is 36.1 Å². The topological polar surface area (TPSA) is 143 Å². The number of likely N-dealkylation sites (tertiary alicyclic amines) is 1. The summed E-state index contributed by atoms with van der Waals surface area (Å²) in [7, 11) is 0. The van der Waals surface area contributed by atoms with Crippen molar-refractivity contribution in [3.05, 3.63) is 78.8 Å². The maximum absolute atomic E-state index is 15.6. The number of esters is 2. The molecule has 2 fully saturated rings. The number of ether oxygens (including phenoxy) is 3. The second kappa shape index (κ2) is 17.4. The van der Waals surface area contributed by atoms with E-state index in [1.165, 1.54) is 17.4 Å². The first-order valence-corrected chi connectivity index (χ1v) is 19.8. The van der Waals surface area contributed by atoms with Crippen molar-refractivity contribution in [3.63, 3.8) is 0 Å². The first-order valence-electron chi connectivity index (χ1n) is 18.1. The number of nitrogens with one attached hydrogen (secondary N) is 2. The second-order valence-corrected chi connectivity index (χ2v) is 16.2. The van der Waals surface area contributed by atoms with Gasteiger partial charge in [-0.15, -0.1) is 11.3 Å². The minimum atomic E-state index is -5.44. The number of aromatic nitrogens is 2. The monoisotopic (exact) mass is 861 g/mol. The van der Waals surface area contributed by atoms with Crippen molar-refractivity contribution < 1.29 is 59.3 Å². The van der Waals surface area contributed by atoms with Gasteiger partial charge in [-0.1, -0.05) is 49.4 Å². The van der Waals surface area contributed by atoms with E-state index in [0.717, 1.165) is 22.7 Å². The van der Waals surface area contributed by atoms with Gasteiger partial charge in [0.1, 0.15) is 23.5 Å². The van der Waals surface area contributed by atoms with E-state index in [4.69, 9.17) is 9.47 Å². The molecule has 2 aromatic carbocycles. The Morgan fingerprint density at radius 2 is 1.74 bits per heavy atom. The maximum Gasteiger partial charge on any atom is 0.491 e. The molecule has 0 bridgehead atoms. The molecule has 314 valence electrons. The highest BCUT2D eigenvalue weighted by molar-refractivity contribution is 7.16. The molecule has 2 aromatic heterocycles. The van der Waals surface area contributed by atoms with Crippen molar-refractivity contribution in [2.45, 2.75) is 69.4 Å². The van der Waals surface area contributed by atoms with Crippen LogP contribution in [0.5, 0.6) is 5.75 Å². The molecule has 1 unspecified atom stereocenters. The molecular formula is C37H38F7N5O7S2. The Kier molecular flexibility index (Phi) is 13.0. The number of hydrogen-bond acceptors (Lipinski definition) is 12. The Balaban J connectivity index is 1.07. The smallest absolute Gasteiger partial charge is 0.449 e. The highest BCUT2D eigenvalue weighted by Gasteiger charge is 2.44. The molecule has 2 aliphatic rings. The van der Waals surface area contributed by atoms with Crippen LogP contribution >= 0.6 is 22.7 Å². The van der Waals surface area contributed by atoms with Gasteiger partial charge in [-0.3, -0.25) is 14.5 Å². The summed E-state index contributed by atoms with van der Waals surface area (Å²) >= 11 is 1.83. The van der Waals surface area contributed by atoms with E-state index in [1.54, 1.807) is 22.4 Å². The van der Waals surface area contributed by atoms with Crippen molar-refractivity contribution in [2.75, 3.05) is 45.9 Å². The van der Waals surface area contributed by atoms with Gasteiger partial charge in [0.25, 0.3) is 5.91 Å². The number of carbonyl (C=O) groups excluding carboxylic acids is 3. The Bertz CT molecular complexity index is 2180. The minimum absolute atomic E-state index is 0.111. The van der Waals surface area contributed by atoms with E-state index >= 15 is 4.39 Å². The number of carbonyl (C=O) groups is 3. The SMILES string of the molecule is CC(C)c1nc(C(=O)N2CCOC3(CCN(Cc4cccc(C(F)CNC[C@H](OC(=O)C(F)(F)F)c5ccc(OC(=O)C(F)(F)F)c6[nH]c(=O)sc56)c4)CC3)C2)cs1. The standard InChI is InChI=1S/C37H38F7N5O7S2/c1-20(2)30-46-25(18-57-30)31(50)49-12-13-54-35(19-49)8-10-48(11-9-35)17-21-4-3-5-22(14-21)24(38)15-45-16-27(56-33(52)37(42,43)44)23-6-7-26(55-32(51)36(39,40)41)28-29(23)58-34(53)47-28/h3-7,14,18,20,24,27,45H,8-13,15-17,19H2,1-2H3,(H,47,53)/t24?,27-/m0/s1. The number of piperidine rings is 1. The Hall–Kier alpha value is -4.44. The van der Waals surface area contributed by atoms with Crippen molar-refractivity contribution in [1.29, 1.82) is 0 Å². The number of aromatic amines is 1. The Labute approximate surface area is 334 Å². The van der Waals surface area contributed by atoms with Crippen molar-refractivity contribution in [1.82, 2.24) is 25.1 Å².